The van der Waals surface area contributed by atoms with Crippen molar-refractivity contribution in [3.05, 3.63) is 17.5 Å². The van der Waals surface area contributed by atoms with Crippen LogP contribution in [0.1, 0.15) is 73.5 Å². The van der Waals surface area contributed by atoms with Crippen LogP contribution in [0.2, 0.25) is 0 Å². The average Bonchev–Trinajstić information content (AvgIpc) is 3.33. The van der Waals surface area contributed by atoms with Gasteiger partial charge in [0.25, 0.3) is 10.2 Å². The molecule has 0 spiro atoms. The van der Waals surface area contributed by atoms with E-state index in [-0.39, 0.29) is 35.9 Å². The molecule has 1 aromatic rings. The highest BCUT2D eigenvalue weighted by molar-refractivity contribution is 7.86. The number of ketones is 1. The number of hydrogen-bond donors (Lipinski definition) is 0. The van der Waals surface area contributed by atoms with Gasteiger partial charge in [0.05, 0.1) is 0 Å². The molecule has 1 aromatic heterocycles. The second-order valence-corrected chi connectivity index (χ2v) is 11.9. The first-order valence-corrected chi connectivity index (χ1v) is 12.8. The number of likely N-dealkylation sites (N-methyl/N-ethyl adjacent to an activating group) is 1. The molecule has 0 radical (unpaired) electrons. The molecule has 5 atom stereocenters. The molecule has 164 valence electrons. The Bertz CT molecular complexity index is 932. The van der Waals surface area contributed by atoms with Gasteiger partial charge < -0.3 is 9.42 Å². The monoisotopic (exact) mass is 434 g/mol. The number of aromatic nitrogens is 1. The fraction of sp³-hybridized carbons (Fsp3) is 0.810. The van der Waals surface area contributed by atoms with Gasteiger partial charge in [-0.1, -0.05) is 5.16 Å². The molecule has 5 saturated heterocycles. The number of rotatable bonds is 6. The summed E-state index contributed by atoms with van der Waals surface area (Å²) in [4.78, 5) is 15.0. The number of hydrogen-bond acceptors (Lipinski definition) is 6. The van der Waals surface area contributed by atoms with Crippen molar-refractivity contribution in [1.29, 1.82) is 0 Å². The molecule has 30 heavy (non-hydrogen) atoms. The summed E-state index contributed by atoms with van der Waals surface area (Å²) in [5.74, 6) is 1.55. The van der Waals surface area contributed by atoms with E-state index in [0.29, 0.717) is 18.0 Å². The van der Waals surface area contributed by atoms with Gasteiger partial charge in [0, 0.05) is 55.7 Å². The molecule has 5 aliphatic heterocycles. The summed E-state index contributed by atoms with van der Waals surface area (Å²) in [5, 5.41) is 3.99. The van der Waals surface area contributed by atoms with Crippen molar-refractivity contribution in [1.82, 2.24) is 18.7 Å². The second kappa shape index (κ2) is 6.85. The van der Waals surface area contributed by atoms with E-state index in [0.717, 1.165) is 63.8 Å². The lowest BCUT2D eigenvalue weighted by Gasteiger charge is -2.56. The van der Waals surface area contributed by atoms with E-state index < -0.39 is 10.2 Å². The van der Waals surface area contributed by atoms with Crippen LogP contribution in [-0.4, -0.2) is 77.2 Å². The number of Topliss-reactive ketones (excluding diaryl/α,β-unsaturated/α-hetero) is 1. The summed E-state index contributed by atoms with van der Waals surface area (Å²) < 4.78 is 36.0. The standard InChI is InChI=1S/C21H30N4O4S/c1-23-11-17-9-18(12-23)25(17)30(27,28)24-15-4-5-16(24)7-13(6-15)8-20(26)19-10-21(29-22-19)14-2-3-14/h10,13-18H,2-9,11-12H2,1H3/t13?,15-,16+,17?,18?. The predicted octanol–water partition coefficient (Wildman–Crippen LogP) is 2.00. The minimum atomic E-state index is -3.42. The fourth-order valence-corrected chi connectivity index (χ4v) is 8.82. The van der Waals surface area contributed by atoms with Gasteiger partial charge in [-0.25, -0.2) is 0 Å². The van der Waals surface area contributed by atoms with Gasteiger partial charge in [-0.05, 0) is 57.9 Å². The van der Waals surface area contributed by atoms with E-state index in [1.165, 1.54) is 0 Å². The third kappa shape index (κ3) is 3.08. The number of nitrogens with zero attached hydrogens (tertiary/aromatic N) is 4. The molecule has 0 amide bonds. The lowest BCUT2D eigenvalue weighted by atomic mass is 9.87. The normalized spacial score (nSPS) is 37.3. The lowest BCUT2D eigenvalue weighted by molar-refractivity contribution is -0.00262. The number of carbonyl (C=O) groups excluding carboxylic acids is 1. The Morgan fingerprint density at radius 1 is 1.03 bits per heavy atom. The summed E-state index contributed by atoms with van der Waals surface area (Å²) >= 11 is 0. The summed E-state index contributed by atoms with van der Waals surface area (Å²) in [6.45, 7) is 1.66. The molecule has 6 aliphatic rings. The van der Waals surface area contributed by atoms with E-state index in [1.807, 2.05) is 10.4 Å². The van der Waals surface area contributed by atoms with Crippen LogP contribution in [-0.2, 0) is 10.2 Å². The van der Waals surface area contributed by atoms with Crippen molar-refractivity contribution in [2.45, 2.75) is 81.5 Å². The van der Waals surface area contributed by atoms with Gasteiger partial charge in [-0.2, -0.15) is 17.0 Å². The van der Waals surface area contributed by atoms with Crippen molar-refractivity contribution in [3.8, 4) is 0 Å². The van der Waals surface area contributed by atoms with Gasteiger partial charge in [0.15, 0.2) is 5.78 Å². The third-order valence-electron chi connectivity index (χ3n) is 7.87. The number of piperidine rings is 2. The van der Waals surface area contributed by atoms with Crippen LogP contribution in [0.4, 0.5) is 0 Å². The Morgan fingerprint density at radius 2 is 1.67 bits per heavy atom. The molecular weight excluding hydrogens is 404 g/mol. The van der Waals surface area contributed by atoms with Gasteiger partial charge in [0.2, 0.25) is 0 Å². The van der Waals surface area contributed by atoms with Crippen LogP contribution in [0.15, 0.2) is 10.6 Å². The molecule has 7 rings (SSSR count). The molecule has 1 aliphatic carbocycles. The highest BCUT2D eigenvalue weighted by Crippen LogP contribution is 2.46. The number of carbonyl (C=O) groups is 1. The van der Waals surface area contributed by atoms with Gasteiger partial charge in [0.1, 0.15) is 11.5 Å². The summed E-state index contributed by atoms with van der Waals surface area (Å²) in [6, 6.07) is 2.14. The lowest BCUT2D eigenvalue weighted by Crippen LogP contribution is -2.72. The maximum Gasteiger partial charge on any atom is 0.283 e. The number of fused-ring (bicyclic) bond motifs is 4. The molecule has 0 aromatic carbocycles. The van der Waals surface area contributed by atoms with Gasteiger partial charge in [-0.15, -0.1) is 0 Å². The quantitative estimate of drug-likeness (QED) is 0.637. The van der Waals surface area contributed by atoms with E-state index in [1.54, 1.807) is 4.31 Å². The fourth-order valence-electron chi connectivity index (χ4n) is 6.41. The molecule has 3 unspecified atom stereocenters. The highest BCUT2D eigenvalue weighted by atomic mass is 32.2. The largest absolute Gasteiger partial charge is 0.360 e. The maximum atomic E-state index is 13.5. The van der Waals surface area contributed by atoms with Crippen molar-refractivity contribution in [2.24, 2.45) is 5.92 Å². The molecule has 6 heterocycles. The minimum Gasteiger partial charge on any atom is -0.360 e. The summed E-state index contributed by atoms with van der Waals surface area (Å²) in [6.07, 6.45) is 7.04. The Morgan fingerprint density at radius 3 is 2.30 bits per heavy atom. The first kappa shape index (κ1) is 19.4. The first-order chi connectivity index (χ1) is 14.4. The van der Waals surface area contributed by atoms with Crippen LogP contribution in [0.5, 0.6) is 0 Å². The van der Waals surface area contributed by atoms with Crippen LogP contribution >= 0.6 is 0 Å². The molecule has 1 saturated carbocycles. The zero-order valence-corrected chi connectivity index (χ0v) is 18.3. The molecule has 9 heteroatoms. The SMILES string of the molecule is CN1CC2CC(C1)N2S(=O)(=O)N1[C@@H]2CC[C@H]1CC(CC(=O)c1cc(C3CC3)on1)C2. The van der Waals surface area contributed by atoms with E-state index in [4.69, 9.17) is 4.52 Å². The zero-order valence-electron chi connectivity index (χ0n) is 17.4. The van der Waals surface area contributed by atoms with Gasteiger partial charge >= 0.3 is 0 Å². The molecule has 8 nitrogen and oxygen atoms in total. The Balaban J connectivity index is 1.13. The first-order valence-electron chi connectivity index (χ1n) is 11.4. The van der Waals surface area contributed by atoms with Crippen LogP contribution in [0, 0.1) is 5.92 Å². The molecule has 6 fully saturated rings. The van der Waals surface area contributed by atoms with Gasteiger partial charge in [-0.3, -0.25) is 4.79 Å². The van der Waals surface area contributed by atoms with Crippen molar-refractivity contribution < 1.29 is 17.7 Å². The minimum absolute atomic E-state index is 0.0324. The Hall–Kier alpha value is -1.29. The van der Waals surface area contributed by atoms with Crippen molar-refractivity contribution in [2.75, 3.05) is 20.1 Å². The van der Waals surface area contributed by atoms with E-state index >= 15 is 0 Å². The average molecular weight is 435 g/mol. The zero-order chi connectivity index (χ0) is 20.6. The molecular formula is C21H30N4O4S. The van der Waals surface area contributed by atoms with Crippen LogP contribution in [0.25, 0.3) is 0 Å². The third-order valence-corrected chi connectivity index (χ3v) is 10.1. The van der Waals surface area contributed by atoms with Crippen LogP contribution in [0.3, 0.4) is 0 Å². The maximum absolute atomic E-state index is 13.5. The van der Waals surface area contributed by atoms with E-state index in [2.05, 4.69) is 17.1 Å². The second-order valence-electron chi connectivity index (χ2n) is 10.2. The summed E-state index contributed by atoms with van der Waals surface area (Å²) in [7, 11) is -1.35. The Kier molecular flexibility index (Phi) is 4.43. The molecule has 0 N–H and O–H groups in total. The smallest absolute Gasteiger partial charge is 0.283 e. The van der Waals surface area contributed by atoms with Crippen LogP contribution < -0.4 is 0 Å². The van der Waals surface area contributed by atoms with Crippen molar-refractivity contribution >= 4 is 16.0 Å². The predicted molar refractivity (Wildman–Crippen MR) is 109 cm³/mol. The van der Waals surface area contributed by atoms with Crippen molar-refractivity contribution in [3.63, 3.8) is 0 Å². The molecule has 4 bridgehead atoms. The highest BCUT2D eigenvalue weighted by Gasteiger charge is 2.56. The van der Waals surface area contributed by atoms with E-state index in [9.17, 15) is 13.2 Å². The summed E-state index contributed by atoms with van der Waals surface area (Å²) in [5.41, 5.74) is 0.442. The topological polar surface area (TPSA) is 87.0 Å². The Labute approximate surface area is 177 Å². The number of piperazine rings is 1.